The zero-order chi connectivity index (χ0) is 36.6. The number of ether oxygens (including phenoxy) is 4. The molecule has 2 N–H and O–H groups in total. The molecule has 0 heterocycles. The van der Waals surface area contributed by atoms with Gasteiger partial charge in [-0.3, -0.25) is 10.1 Å². The van der Waals surface area contributed by atoms with Crippen molar-refractivity contribution < 1.29 is 42.6 Å². The number of carbonyl (C=O) groups excluding carboxylic acids is 3. The largest absolute Gasteiger partial charge is 0.494 e. The minimum Gasteiger partial charge on any atom is -0.494 e. The summed E-state index contributed by atoms with van der Waals surface area (Å²) in [7, 11) is 0. The van der Waals surface area contributed by atoms with Crippen LogP contribution in [0.25, 0.3) is 11.1 Å². The van der Waals surface area contributed by atoms with Gasteiger partial charge in [0.2, 0.25) is 5.75 Å². The van der Waals surface area contributed by atoms with E-state index in [0.717, 1.165) is 61.5 Å². The molecule has 3 aromatic rings. The minimum atomic E-state index is -1.95. The summed E-state index contributed by atoms with van der Waals surface area (Å²) in [6, 6.07) is 15.2. The first-order valence-corrected chi connectivity index (χ1v) is 16.8. The van der Waals surface area contributed by atoms with E-state index < -0.39 is 40.4 Å². The number of nitro groups is 1. The molecule has 0 aromatic heterocycles. The molecule has 0 aliphatic heterocycles. The Bertz CT molecular complexity index is 1650. The van der Waals surface area contributed by atoms with E-state index in [4.69, 9.17) is 36.3 Å². The van der Waals surface area contributed by atoms with Crippen molar-refractivity contribution in [2.45, 2.75) is 77.8 Å². The second kappa shape index (κ2) is 19.9. The van der Waals surface area contributed by atoms with Crippen LogP contribution in [0.3, 0.4) is 0 Å². The number of anilines is 1. The molecule has 0 bridgehead atoms. The predicted molar refractivity (Wildman–Crippen MR) is 188 cm³/mol. The van der Waals surface area contributed by atoms with E-state index in [1.54, 1.807) is 24.3 Å². The van der Waals surface area contributed by atoms with Crippen LogP contribution in [-0.4, -0.2) is 42.2 Å². The number of nitro benzene ring substituents is 1. The maximum absolute atomic E-state index is 14.2. The SMILES string of the molecule is C=C(Cl)C(=O)OCCCCCCCCOc1ccc(-c2ccc(OC(=O)c3c(N)cc(OC(=O)C(F)CCCC)c([N+](=O)[O-])c3C)cc2)cc1. The van der Waals surface area contributed by atoms with Gasteiger partial charge in [0.15, 0.2) is 6.17 Å². The molecule has 0 amide bonds. The first-order valence-electron chi connectivity index (χ1n) is 16.4. The van der Waals surface area contributed by atoms with Gasteiger partial charge in [-0.05, 0) is 61.6 Å². The average molecular weight is 713 g/mol. The molecule has 0 spiro atoms. The highest BCUT2D eigenvalue weighted by Crippen LogP contribution is 2.38. The van der Waals surface area contributed by atoms with E-state index in [1.165, 1.54) is 6.92 Å². The summed E-state index contributed by atoms with van der Waals surface area (Å²) < 4.78 is 35.5. The standard InChI is InChI=1S/C37H42ClFN2O9/c1-4-5-12-30(39)36(43)50-32-23-31(40)33(24(2)34(32)41(45)46)37(44)49-29-19-15-27(16-20-29)26-13-17-28(18-14-26)47-21-10-8-6-7-9-11-22-48-35(42)25(3)38/h13-20,23,30H,3-12,21-22,40H2,1-2H3. The molecule has 1 atom stereocenters. The van der Waals surface area contributed by atoms with Crippen molar-refractivity contribution in [1.29, 1.82) is 0 Å². The molecule has 13 heteroatoms. The lowest BCUT2D eigenvalue weighted by molar-refractivity contribution is -0.386. The minimum absolute atomic E-state index is 0.0823. The van der Waals surface area contributed by atoms with Crippen molar-refractivity contribution in [2.24, 2.45) is 0 Å². The van der Waals surface area contributed by atoms with Crippen LogP contribution in [0.4, 0.5) is 15.8 Å². The fraction of sp³-hybridized carbons (Fsp3) is 0.378. The Kier molecular flexibility index (Phi) is 15.7. The third kappa shape index (κ3) is 11.9. The van der Waals surface area contributed by atoms with E-state index in [9.17, 15) is 28.9 Å². The number of nitrogens with zero attached hydrogens (tertiary/aromatic N) is 1. The summed E-state index contributed by atoms with van der Waals surface area (Å²) in [6.07, 6.45) is 4.84. The Morgan fingerprint density at radius 3 is 2.02 bits per heavy atom. The highest BCUT2D eigenvalue weighted by Gasteiger charge is 2.31. The van der Waals surface area contributed by atoms with Crippen molar-refractivity contribution >= 4 is 40.9 Å². The molecule has 0 aliphatic carbocycles. The molecule has 0 aliphatic rings. The maximum Gasteiger partial charge on any atom is 0.349 e. The van der Waals surface area contributed by atoms with Crippen LogP contribution in [0.5, 0.6) is 17.2 Å². The first-order chi connectivity index (χ1) is 23.9. The number of halogens is 2. The second-order valence-electron chi connectivity index (χ2n) is 11.5. The lowest BCUT2D eigenvalue weighted by Crippen LogP contribution is -2.23. The number of nitrogens with two attached hydrogens (primary N) is 1. The molecule has 0 saturated carbocycles. The van der Waals surface area contributed by atoms with Gasteiger partial charge < -0.3 is 24.7 Å². The van der Waals surface area contributed by atoms with Gasteiger partial charge in [0.25, 0.3) is 0 Å². The van der Waals surface area contributed by atoms with Crippen LogP contribution in [0.15, 0.2) is 66.2 Å². The topological polar surface area (TPSA) is 157 Å². The number of unbranched alkanes of at least 4 members (excludes halogenated alkanes) is 6. The van der Waals surface area contributed by atoms with Gasteiger partial charge in [0, 0.05) is 11.6 Å². The van der Waals surface area contributed by atoms with Crippen LogP contribution in [-0.2, 0) is 14.3 Å². The Morgan fingerprint density at radius 1 is 0.900 bits per heavy atom. The molecule has 0 fully saturated rings. The Balaban J connectivity index is 1.51. The van der Waals surface area contributed by atoms with Gasteiger partial charge >= 0.3 is 23.6 Å². The monoisotopic (exact) mass is 712 g/mol. The van der Waals surface area contributed by atoms with E-state index in [0.29, 0.717) is 26.1 Å². The number of rotatable bonds is 20. The van der Waals surface area contributed by atoms with Crippen molar-refractivity contribution in [3.8, 4) is 28.4 Å². The zero-order valence-corrected chi connectivity index (χ0v) is 29.0. The third-order valence-corrected chi connectivity index (χ3v) is 7.87. The highest BCUT2D eigenvalue weighted by atomic mass is 35.5. The van der Waals surface area contributed by atoms with Gasteiger partial charge in [-0.1, -0.05) is 87.9 Å². The summed E-state index contributed by atoms with van der Waals surface area (Å²) in [5.41, 5.74) is 6.43. The second-order valence-corrected chi connectivity index (χ2v) is 12.0. The number of hydrogen-bond acceptors (Lipinski definition) is 10. The average Bonchev–Trinajstić information content (AvgIpc) is 3.08. The van der Waals surface area contributed by atoms with Crippen LogP contribution in [0.2, 0.25) is 0 Å². The molecule has 50 heavy (non-hydrogen) atoms. The van der Waals surface area contributed by atoms with Crippen LogP contribution >= 0.6 is 11.6 Å². The van der Waals surface area contributed by atoms with Crippen molar-refractivity contribution in [2.75, 3.05) is 18.9 Å². The van der Waals surface area contributed by atoms with E-state index in [-0.39, 0.29) is 34.0 Å². The number of alkyl halides is 1. The molecule has 3 rings (SSSR count). The molecule has 0 saturated heterocycles. The fourth-order valence-corrected chi connectivity index (χ4v) is 5.07. The number of nitrogen functional groups attached to an aromatic ring is 1. The van der Waals surface area contributed by atoms with Crippen molar-refractivity contribution in [3.63, 3.8) is 0 Å². The van der Waals surface area contributed by atoms with Gasteiger partial charge in [0.05, 0.1) is 29.4 Å². The summed E-state index contributed by atoms with van der Waals surface area (Å²) in [4.78, 5) is 47.5. The highest BCUT2D eigenvalue weighted by molar-refractivity contribution is 6.40. The maximum atomic E-state index is 14.2. The van der Waals surface area contributed by atoms with Gasteiger partial charge in [0.1, 0.15) is 16.5 Å². The van der Waals surface area contributed by atoms with E-state index >= 15 is 0 Å². The quantitative estimate of drug-likeness (QED) is 0.0228. The first kappa shape index (κ1) is 39.5. The van der Waals surface area contributed by atoms with Crippen LogP contribution in [0, 0.1) is 17.0 Å². The Labute approximate surface area is 295 Å². The molecular formula is C37H42ClFN2O9. The summed E-state index contributed by atoms with van der Waals surface area (Å²) in [5, 5.41) is 11.8. The lowest BCUT2D eigenvalue weighted by Gasteiger charge is -2.14. The molecule has 0 radical (unpaired) electrons. The number of hydrogen-bond donors (Lipinski definition) is 1. The molecule has 3 aromatic carbocycles. The third-order valence-electron chi connectivity index (χ3n) is 7.72. The van der Waals surface area contributed by atoms with Gasteiger partial charge in [-0.25, -0.2) is 18.8 Å². The smallest absolute Gasteiger partial charge is 0.349 e. The molecule has 1 unspecified atom stereocenters. The summed E-state index contributed by atoms with van der Waals surface area (Å²) >= 11 is 5.47. The molecule has 268 valence electrons. The Hall–Kier alpha value is -4.97. The fourth-order valence-electron chi connectivity index (χ4n) is 5.01. The molecule has 11 nitrogen and oxygen atoms in total. The Morgan fingerprint density at radius 2 is 1.46 bits per heavy atom. The normalized spacial score (nSPS) is 11.4. The lowest BCUT2D eigenvalue weighted by atomic mass is 10.0. The van der Waals surface area contributed by atoms with Crippen LogP contribution in [0.1, 0.15) is 80.6 Å². The van der Waals surface area contributed by atoms with E-state index in [2.05, 4.69) is 6.58 Å². The van der Waals surface area contributed by atoms with Crippen LogP contribution < -0.4 is 19.9 Å². The van der Waals surface area contributed by atoms with Gasteiger partial charge in [-0.15, -0.1) is 0 Å². The van der Waals surface area contributed by atoms with Crippen molar-refractivity contribution in [1.82, 2.24) is 0 Å². The zero-order valence-electron chi connectivity index (χ0n) is 28.2. The van der Waals surface area contributed by atoms with Gasteiger partial charge in [-0.2, -0.15) is 0 Å². The molecular weight excluding hydrogens is 671 g/mol. The number of esters is 3. The number of carbonyl (C=O) groups is 3. The number of benzene rings is 3. The summed E-state index contributed by atoms with van der Waals surface area (Å²) in [6.45, 7) is 7.36. The predicted octanol–water partition coefficient (Wildman–Crippen LogP) is 8.82. The van der Waals surface area contributed by atoms with E-state index in [1.807, 2.05) is 31.2 Å². The van der Waals surface area contributed by atoms with Crippen molar-refractivity contribution in [3.05, 3.63) is 87.4 Å². The summed E-state index contributed by atoms with van der Waals surface area (Å²) in [5.74, 6) is -2.43.